The van der Waals surface area contributed by atoms with Gasteiger partial charge in [-0.1, -0.05) is 13.8 Å². The van der Waals surface area contributed by atoms with Gasteiger partial charge in [0, 0.05) is 12.6 Å². The van der Waals surface area contributed by atoms with Crippen LogP contribution in [0.4, 0.5) is 0 Å². The number of piperidine rings is 1. The molecule has 1 aliphatic rings. The van der Waals surface area contributed by atoms with E-state index in [0.717, 1.165) is 12.5 Å². The molecule has 0 aromatic carbocycles. The van der Waals surface area contributed by atoms with Gasteiger partial charge in [-0.2, -0.15) is 11.8 Å². The van der Waals surface area contributed by atoms with Crippen molar-refractivity contribution in [3.8, 4) is 0 Å². The summed E-state index contributed by atoms with van der Waals surface area (Å²) < 4.78 is 0. The van der Waals surface area contributed by atoms with Crippen molar-refractivity contribution < 1.29 is 0 Å². The lowest BCUT2D eigenvalue weighted by atomic mass is 9.92. The van der Waals surface area contributed by atoms with Crippen molar-refractivity contribution in [1.29, 1.82) is 0 Å². The summed E-state index contributed by atoms with van der Waals surface area (Å²) in [6.45, 7) is 7.94. The fraction of sp³-hybridized carbons (Fsp3) is 1.00. The summed E-state index contributed by atoms with van der Waals surface area (Å²) in [7, 11) is 0. The zero-order valence-electron chi connectivity index (χ0n) is 10.2. The Hall–Kier alpha value is 0.270. The monoisotopic (exact) mass is 230 g/mol. The molecule has 0 amide bonds. The highest BCUT2D eigenvalue weighted by molar-refractivity contribution is 7.99. The molecule has 15 heavy (non-hydrogen) atoms. The van der Waals surface area contributed by atoms with E-state index in [0.29, 0.717) is 6.04 Å². The first-order chi connectivity index (χ1) is 7.27. The van der Waals surface area contributed by atoms with Crippen LogP contribution in [0.3, 0.4) is 0 Å². The van der Waals surface area contributed by atoms with E-state index in [2.05, 4.69) is 18.7 Å². The summed E-state index contributed by atoms with van der Waals surface area (Å²) in [6.07, 6.45) is 3.98. The van der Waals surface area contributed by atoms with Crippen LogP contribution < -0.4 is 5.73 Å². The van der Waals surface area contributed by atoms with Crippen molar-refractivity contribution in [3.63, 3.8) is 0 Å². The van der Waals surface area contributed by atoms with Gasteiger partial charge in [-0.15, -0.1) is 0 Å². The van der Waals surface area contributed by atoms with E-state index in [1.54, 1.807) is 0 Å². The molecular weight excluding hydrogens is 204 g/mol. The third kappa shape index (κ3) is 4.75. The van der Waals surface area contributed by atoms with E-state index in [1.807, 2.05) is 11.8 Å². The molecule has 1 fully saturated rings. The molecule has 0 saturated carbocycles. The summed E-state index contributed by atoms with van der Waals surface area (Å²) in [5, 5.41) is 0. The minimum Gasteiger partial charge on any atom is -0.329 e. The number of likely N-dealkylation sites (tertiary alicyclic amines) is 1. The van der Waals surface area contributed by atoms with Crippen molar-refractivity contribution in [1.82, 2.24) is 4.90 Å². The lowest BCUT2D eigenvalue weighted by Crippen LogP contribution is -2.46. The van der Waals surface area contributed by atoms with Crippen LogP contribution in [-0.4, -0.2) is 42.1 Å². The second-order valence-corrected chi connectivity index (χ2v) is 6.00. The number of nitrogens with two attached hydrogens (primary N) is 1. The molecule has 1 rings (SSSR count). The second kappa shape index (κ2) is 7.53. The number of rotatable bonds is 6. The van der Waals surface area contributed by atoms with Crippen molar-refractivity contribution in [2.24, 2.45) is 11.7 Å². The Labute approximate surface area is 99.0 Å². The van der Waals surface area contributed by atoms with Gasteiger partial charge in [-0.25, -0.2) is 0 Å². The first kappa shape index (κ1) is 13.3. The Bertz CT molecular complexity index is 164. The Balaban J connectivity index is 2.20. The second-order valence-electron chi connectivity index (χ2n) is 4.61. The highest BCUT2D eigenvalue weighted by atomic mass is 32.2. The Morgan fingerprint density at radius 1 is 1.47 bits per heavy atom. The molecule has 2 nitrogen and oxygen atoms in total. The highest BCUT2D eigenvalue weighted by Crippen LogP contribution is 2.22. The van der Waals surface area contributed by atoms with Crippen molar-refractivity contribution in [2.45, 2.75) is 39.2 Å². The van der Waals surface area contributed by atoms with Gasteiger partial charge in [0.25, 0.3) is 0 Å². The SMILES string of the molecule is CCSCCCN1CCC(C)CC1CN. The van der Waals surface area contributed by atoms with Crippen LogP contribution >= 0.6 is 11.8 Å². The van der Waals surface area contributed by atoms with E-state index >= 15 is 0 Å². The van der Waals surface area contributed by atoms with Crippen molar-refractivity contribution in [2.75, 3.05) is 31.1 Å². The molecule has 2 atom stereocenters. The molecule has 1 aliphatic heterocycles. The Morgan fingerprint density at radius 2 is 2.27 bits per heavy atom. The van der Waals surface area contributed by atoms with Crippen LogP contribution in [0.1, 0.15) is 33.1 Å². The quantitative estimate of drug-likeness (QED) is 0.709. The molecule has 0 aliphatic carbocycles. The number of thioether (sulfide) groups is 1. The maximum atomic E-state index is 5.84. The van der Waals surface area contributed by atoms with Gasteiger partial charge in [0.05, 0.1) is 0 Å². The molecule has 90 valence electrons. The van der Waals surface area contributed by atoms with Crippen LogP contribution in [0.2, 0.25) is 0 Å². The van der Waals surface area contributed by atoms with Crippen molar-refractivity contribution >= 4 is 11.8 Å². The van der Waals surface area contributed by atoms with Gasteiger partial charge in [0.15, 0.2) is 0 Å². The maximum absolute atomic E-state index is 5.84. The number of nitrogens with zero attached hydrogens (tertiary/aromatic N) is 1. The summed E-state index contributed by atoms with van der Waals surface area (Å²) in [5.74, 6) is 3.43. The molecule has 1 heterocycles. The molecule has 2 N–H and O–H groups in total. The molecule has 0 aromatic heterocycles. The lowest BCUT2D eigenvalue weighted by molar-refractivity contribution is 0.123. The van der Waals surface area contributed by atoms with Crippen molar-refractivity contribution in [3.05, 3.63) is 0 Å². The van der Waals surface area contributed by atoms with Gasteiger partial charge < -0.3 is 5.73 Å². The van der Waals surface area contributed by atoms with E-state index in [4.69, 9.17) is 5.73 Å². The zero-order valence-corrected chi connectivity index (χ0v) is 11.1. The number of hydrogen-bond donors (Lipinski definition) is 1. The van der Waals surface area contributed by atoms with Crippen LogP contribution in [0.25, 0.3) is 0 Å². The summed E-state index contributed by atoms with van der Waals surface area (Å²) in [6, 6.07) is 0.653. The molecule has 0 radical (unpaired) electrons. The maximum Gasteiger partial charge on any atom is 0.0220 e. The zero-order chi connectivity index (χ0) is 11.1. The molecule has 0 aromatic rings. The van der Waals surface area contributed by atoms with Crippen LogP contribution in [0, 0.1) is 5.92 Å². The van der Waals surface area contributed by atoms with Gasteiger partial charge >= 0.3 is 0 Å². The molecule has 0 bridgehead atoms. The standard InChI is InChI=1S/C12H26N2S/c1-3-15-8-4-6-14-7-5-11(2)9-12(14)10-13/h11-12H,3-10,13H2,1-2H3. The van der Waals surface area contributed by atoms with Gasteiger partial charge in [-0.3, -0.25) is 4.90 Å². The first-order valence-electron chi connectivity index (χ1n) is 6.29. The van der Waals surface area contributed by atoms with E-state index < -0.39 is 0 Å². The predicted molar refractivity (Wildman–Crippen MR) is 70.4 cm³/mol. The third-order valence-electron chi connectivity index (χ3n) is 3.31. The Morgan fingerprint density at radius 3 is 2.93 bits per heavy atom. The fourth-order valence-corrected chi connectivity index (χ4v) is 2.98. The first-order valence-corrected chi connectivity index (χ1v) is 7.45. The normalized spacial score (nSPS) is 28.2. The van der Waals surface area contributed by atoms with Gasteiger partial charge in [0.2, 0.25) is 0 Å². The van der Waals surface area contributed by atoms with Gasteiger partial charge in [-0.05, 0) is 49.8 Å². The largest absolute Gasteiger partial charge is 0.329 e. The molecule has 3 heteroatoms. The van der Waals surface area contributed by atoms with Gasteiger partial charge in [0.1, 0.15) is 0 Å². The topological polar surface area (TPSA) is 29.3 Å². The smallest absolute Gasteiger partial charge is 0.0220 e. The lowest BCUT2D eigenvalue weighted by Gasteiger charge is -2.38. The van der Waals surface area contributed by atoms with E-state index in [9.17, 15) is 0 Å². The summed E-state index contributed by atoms with van der Waals surface area (Å²) in [4.78, 5) is 2.61. The third-order valence-corrected chi connectivity index (χ3v) is 4.30. The van der Waals surface area contributed by atoms with Crippen LogP contribution in [-0.2, 0) is 0 Å². The summed E-state index contributed by atoms with van der Waals surface area (Å²) in [5.41, 5.74) is 5.84. The minimum absolute atomic E-state index is 0.653. The van der Waals surface area contributed by atoms with Crippen LogP contribution in [0.5, 0.6) is 0 Å². The highest BCUT2D eigenvalue weighted by Gasteiger charge is 2.24. The average Bonchev–Trinajstić information content (AvgIpc) is 2.26. The molecular formula is C12H26N2S. The number of hydrogen-bond acceptors (Lipinski definition) is 3. The average molecular weight is 230 g/mol. The minimum atomic E-state index is 0.653. The van der Waals surface area contributed by atoms with E-state index in [1.165, 1.54) is 43.9 Å². The molecule has 0 spiro atoms. The summed E-state index contributed by atoms with van der Waals surface area (Å²) >= 11 is 2.05. The fourth-order valence-electron chi connectivity index (χ4n) is 2.35. The Kier molecular flexibility index (Phi) is 6.69. The molecule has 1 saturated heterocycles. The predicted octanol–water partition coefficient (Wildman–Crippen LogP) is 2.19. The van der Waals surface area contributed by atoms with E-state index in [-0.39, 0.29) is 0 Å². The molecule has 2 unspecified atom stereocenters. The van der Waals surface area contributed by atoms with Crippen LogP contribution in [0.15, 0.2) is 0 Å².